The zero-order chi connectivity index (χ0) is 25.3. The highest BCUT2D eigenvalue weighted by Crippen LogP contribution is 2.67. The van der Waals surface area contributed by atoms with Crippen LogP contribution in [0.15, 0.2) is 0 Å². The number of aliphatic hydroxyl groups is 4. The minimum atomic E-state index is -1.70. The first-order valence-electron chi connectivity index (χ1n) is 13.7. The van der Waals surface area contributed by atoms with Gasteiger partial charge in [0.2, 0.25) is 0 Å². The summed E-state index contributed by atoms with van der Waals surface area (Å²) < 4.78 is 11.4. The van der Waals surface area contributed by atoms with Crippen LogP contribution in [0.2, 0.25) is 0 Å². The molecule has 0 radical (unpaired) electrons. The molecule has 0 unspecified atom stereocenters. The molecule has 14 atom stereocenters. The van der Waals surface area contributed by atoms with Gasteiger partial charge in [-0.05, 0) is 105 Å². The first-order chi connectivity index (χ1) is 16.5. The number of carboxylic acid groups (broad SMARTS) is 1. The summed E-state index contributed by atoms with van der Waals surface area (Å²) in [6, 6.07) is 0. The van der Waals surface area contributed by atoms with Crippen molar-refractivity contribution in [3.8, 4) is 0 Å². The fraction of sp³-hybridized carbons (Fsp3) is 0.963. The predicted octanol–water partition coefficient (Wildman–Crippen LogP) is 2.30. The third kappa shape index (κ3) is 4.07. The van der Waals surface area contributed by atoms with Crippen LogP contribution in [0.4, 0.5) is 0 Å². The Hall–Kier alpha value is -0.770. The van der Waals surface area contributed by atoms with E-state index in [2.05, 4.69) is 13.8 Å². The second-order valence-corrected chi connectivity index (χ2v) is 12.9. The highest BCUT2D eigenvalue weighted by atomic mass is 16.7. The number of ether oxygens (including phenoxy) is 2. The molecule has 5 N–H and O–H groups in total. The minimum Gasteiger partial charge on any atom is -0.479 e. The predicted molar refractivity (Wildman–Crippen MR) is 126 cm³/mol. The van der Waals surface area contributed by atoms with Crippen LogP contribution in [0.3, 0.4) is 0 Å². The summed E-state index contributed by atoms with van der Waals surface area (Å²) in [6.45, 7) is 6.86. The molecule has 4 aliphatic carbocycles. The number of hydrogen-bond donors (Lipinski definition) is 5. The van der Waals surface area contributed by atoms with Crippen LogP contribution in [-0.2, 0) is 14.3 Å². The maximum Gasteiger partial charge on any atom is 0.335 e. The summed E-state index contributed by atoms with van der Waals surface area (Å²) in [5.74, 6) is 1.60. The molecule has 8 nitrogen and oxygen atoms in total. The van der Waals surface area contributed by atoms with Crippen LogP contribution in [0, 0.1) is 40.4 Å². The van der Waals surface area contributed by atoms with Crippen molar-refractivity contribution < 1.29 is 39.8 Å². The van der Waals surface area contributed by atoms with E-state index in [0.29, 0.717) is 29.6 Å². The Morgan fingerprint density at radius 1 is 0.914 bits per heavy atom. The Morgan fingerprint density at radius 3 is 2.29 bits per heavy atom. The summed E-state index contributed by atoms with van der Waals surface area (Å²) >= 11 is 0. The molecule has 0 amide bonds. The Balaban J connectivity index is 1.26. The molecule has 0 aromatic carbocycles. The van der Waals surface area contributed by atoms with Crippen molar-refractivity contribution in [1.82, 2.24) is 0 Å². The van der Waals surface area contributed by atoms with Crippen LogP contribution >= 0.6 is 0 Å². The molecule has 4 saturated carbocycles. The molecule has 5 fully saturated rings. The molecular weight excluding hydrogens is 452 g/mol. The van der Waals surface area contributed by atoms with E-state index in [-0.39, 0.29) is 23.0 Å². The molecule has 1 saturated heterocycles. The quantitative estimate of drug-likeness (QED) is 0.374. The van der Waals surface area contributed by atoms with Crippen molar-refractivity contribution in [3.05, 3.63) is 0 Å². The van der Waals surface area contributed by atoms with E-state index in [1.807, 2.05) is 6.92 Å². The van der Waals surface area contributed by atoms with Crippen LogP contribution in [0.5, 0.6) is 0 Å². The minimum absolute atomic E-state index is 0.180. The van der Waals surface area contributed by atoms with Gasteiger partial charge in [0.15, 0.2) is 12.4 Å². The molecule has 1 aliphatic heterocycles. The smallest absolute Gasteiger partial charge is 0.335 e. The van der Waals surface area contributed by atoms with E-state index >= 15 is 0 Å². The third-order valence-electron chi connectivity index (χ3n) is 11.4. The molecule has 200 valence electrons. The molecule has 0 aromatic heterocycles. The molecular formula is C27H44O8. The van der Waals surface area contributed by atoms with E-state index in [4.69, 9.17) is 9.47 Å². The van der Waals surface area contributed by atoms with Crippen LogP contribution in [0.1, 0.15) is 78.6 Å². The van der Waals surface area contributed by atoms with Crippen molar-refractivity contribution in [2.45, 2.75) is 121 Å². The van der Waals surface area contributed by atoms with Crippen molar-refractivity contribution in [1.29, 1.82) is 0 Å². The maximum atomic E-state index is 11.4. The number of carbonyl (C=O) groups is 1. The zero-order valence-electron chi connectivity index (χ0n) is 21.3. The van der Waals surface area contributed by atoms with Crippen molar-refractivity contribution >= 4 is 5.97 Å². The molecule has 0 bridgehead atoms. The Kier molecular flexibility index (Phi) is 6.80. The second kappa shape index (κ2) is 9.21. The van der Waals surface area contributed by atoms with Gasteiger partial charge in [-0.1, -0.05) is 13.8 Å². The summed E-state index contributed by atoms with van der Waals surface area (Å²) in [5, 5.41) is 50.2. The third-order valence-corrected chi connectivity index (χ3v) is 11.4. The second-order valence-electron chi connectivity index (χ2n) is 12.9. The van der Waals surface area contributed by atoms with E-state index in [1.54, 1.807) is 0 Å². The van der Waals surface area contributed by atoms with E-state index < -0.39 is 36.7 Å². The standard InChI is InChI=1S/C27H44O8/c1-13(28)17-6-7-18-16-5-4-14-12-15(8-10-26(14,2)19(16)9-11-27(17,18)3)34-25-22(31)20(29)21(30)23(35-25)24(32)33/h13-23,25,28-31H,4-12H2,1-3H3,(H,32,33)/t13-,14-,15-,16+,17-,18+,19+,20+,21+,22-,23+,25-,26+,27-/m1/s1. The Labute approximate surface area is 208 Å². The van der Waals surface area contributed by atoms with Crippen molar-refractivity contribution in [2.24, 2.45) is 40.4 Å². The van der Waals surface area contributed by atoms with E-state index in [0.717, 1.165) is 32.1 Å². The van der Waals surface area contributed by atoms with Gasteiger partial charge in [-0.25, -0.2) is 4.79 Å². The van der Waals surface area contributed by atoms with Crippen LogP contribution < -0.4 is 0 Å². The van der Waals surface area contributed by atoms with Gasteiger partial charge < -0.3 is 35.0 Å². The van der Waals surface area contributed by atoms with Gasteiger partial charge in [0.05, 0.1) is 12.2 Å². The lowest BCUT2D eigenvalue weighted by Crippen LogP contribution is -2.61. The van der Waals surface area contributed by atoms with Gasteiger partial charge >= 0.3 is 5.97 Å². The lowest BCUT2D eigenvalue weighted by molar-refractivity contribution is -0.309. The molecule has 1 heterocycles. The first-order valence-corrected chi connectivity index (χ1v) is 13.7. The fourth-order valence-corrected chi connectivity index (χ4v) is 9.53. The largest absolute Gasteiger partial charge is 0.479 e. The summed E-state index contributed by atoms with van der Waals surface area (Å²) in [5.41, 5.74) is 0.484. The molecule has 0 spiro atoms. The van der Waals surface area contributed by atoms with Gasteiger partial charge in [0.1, 0.15) is 18.3 Å². The molecule has 35 heavy (non-hydrogen) atoms. The van der Waals surface area contributed by atoms with E-state index in [1.165, 1.54) is 25.7 Å². The lowest BCUT2D eigenvalue weighted by atomic mass is 9.44. The van der Waals surface area contributed by atoms with Gasteiger partial charge in [0.25, 0.3) is 0 Å². The van der Waals surface area contributed by atoms with Crippen LogP contribution in [0.25, 0.3) is 0 Å². The van der Waals surface area contributed by atoms with Crippen molar-refractivity contribution in [2.75, 3.05) is 0 Å². The Morgan fingerprint density at radius 2 is 1.60 bits per heavy atom. The molecule has 8 heteroatoms. The number of aliphatic hydroxyl groups excluding tert-OH is 4. The number of carboxylic acids is 1. The Bertz CT molecular complexity index is 804. The normalized spacial score (nSPS) is 54.9. The number of hydrogen-bond acceptors (Lipinski definition) is 7. The SMILES string of the molecule is C[C@@H](O)[C@H]1CC[C@H]2[C@@H]3CC[C@@H]4C[C@H](O[C@@H]5O[C@H](C(=O)O)[C@@H](O)[C@H](O)[C@H]5O)CC[C@]4(C)[C@H]3CC[C@]12C. The zero-order valence-corrected chi connectivity index (χ0v) is 21.3. The van der Waals surface area contributed by atoms with Crippen molar-refractivity contribution in [3.63, 3.8) is 0 Å². The number of aliphatic carboxylic acids is 1. The average molecular weight is 497 g/mol. The first kappa shape index (κ1) is 25.9. The van der Waals surface area contributed by atoms with Gasteiger partial charge in [-0.2, -0.15) is 0 Å². The summed E-state index contributed by atoms with van der Waals surface area (Å²) in [4.78, 5) is 11.4. The fourth-order valence-electron chi connectivity index (χ4n) is 9.53. The molecule has 0 aromatic rings. The molecule has 5 aliphatic rings. The maximum absolute atomic E-state index is 11.4. The topological polar surface area (TPSA) is 137 Å². The van der Waals surface area contributed by atoms with E-state index in [9.17, 15) is 30.3 Å². The highest BCUT2D eigenvalue weighted by molar-refractivity contribution is 5.73. The number of rotatable bonds is 4. The summed E-state index contributed by atoms with van der Waals surface area (Å²) in [6.07, 6.45) is 1.63. The lowest BCUT2D eigenvalue weighted by Gasteiger charge is -2.61. The molecule has 5 rings (SSSR count). The monoisotopic (exact) mass is 496 g/mol. The summed E-state index contributed by atoms with van der Waals surface area (Å²) in [7, 11) is 0. The van der Waals surface area contributed by atoms with Gasteiger partial charge in [-0.15, -0.1) is 0 Å². The van der Waals surface area contributed by atoms with Gasteiger partial charge in [0, 0.05) is 0 Å². The number of fused-ring (bicyclic) bond motifs is 5. The average Bonchev–Trinajstić information content (AvgIpc) is 3.17. The van der Waals surface area contributed by atoms with Gasteiger partial charge in [-0.3, -0.25) is 0 Å². The highest BCUT2D eigenvalue weighted by Gasteiger charge is 2.61. The van der Waals surface area contributed by atoms with Crippen LogP contribution in [-0.4, -0.2) is 74.4 Å².